The van der Waals surface area contributed by atoms with Crippen molar-refractivity contribution in [2.75, 3.05) is 24.4 Å². The fraction of sp³-hybridized carbons (Fsp3) is 0.250. The van der Waals surface area contributed by atoms with Crippen LogP contribution >= 0.6 is 24.8 Å². The van der Waals surface area contributed by atoms with Crippen LogP contribution in [0.25, 0.3) is 0 Å². The largest absolute Gasteiger partial charge is 0.378 e. The van der Waals surface area contributed by atoms with Crippen LogP contribution in [0.5, 0.6) is 0 Å². The first-order chi connectivity index (χ1) is 5.24. The molecule has 0 aliphatic heterocycles. The fourth-order valence-electron chi connectivity index (χ4n) is 0.874. The molecule has 0 atom stereocenters. The lowest BCUT2D eigenvalue weighted by Gasteiger charge is -2.12. The lowest BCUT2D eigenvalue weighted by molar-refractivity contribution is 1.13. The molecule has 0 spiro atoms. The zero-order valence-electron chi connectivity index (χ0n) is 7.65. The van der Waals surface area contributed by atoms with Crippen molar-refractivity contribution < 1.29 is 0 Å². The predicted molar refractivity (Wildman–Crippen MR) is 63.1 cm³/mol. The molecule has 0 radical (unpaired) electrons. The molecule has 0 unspecified atom stereocenters. The van der Waals surface area contributed by atoms with Gasteiger partial charge >= 0.3 is 0 Å². The topological polar surface area (TPSA) is 41.3 Å². The van der Waals surface area contributed by atoms with Gasteiger partial charge in [-0.2, -0.15) is 0 Å². The van der Waals surface area contributed by atoms with E-state index in [0.717, 1.165) is 11.4 Å². The van der Waals surface area contributed by atoms with E-state index in [1.165, 1.54) is 0 Å². The highest BCUT2D eigenvalue weighted by Crippen LogP contribution is 2.15. The molecule has 0 aliphatic rings. The molecule has 0 saturated carbocycles. The Hall–Kier alpha value is -0.640. The van der Waals surface area contributed by atoms with Crippen LogP contribution in [0.15, 0.2) is 24.3 Å². The highest BCUT2D eigenvalue weighted by atomic mass is 35.5. The summed E-state index contributed by atoms with van der Waals surface area (Å²) in [6.45, 7) is 0. The van der Waals surface area contributed by atoms with Gasteiger partial charge < -0.3 is 10.3 Å². The van der Waals surface area contributed by atoms with Gasteiger partial charge in [-0.1, -0.05) is 6.07 Å². The summed E-state index contributed by atoms with van der Waals surface area (Å²) < 4.78 is 0. The first kappa shape index (κ1) is 14.9. The molecular formula is C8H15Cl2N3. The molecule has 1 aromatic carbocycles. The third-order valence-electron chi connectivity index (χ3n) is 1.53. The molecule has 76 valence electrons. The van der Waals surface area contributed by atoms with E-state index in [0.29, 0.717) is 0 Å². The molecule has 1 rings (SSSR count). The van der Waals surface area contributed by atoms with E-state index in [1.807, 2.05) is 43.3 Å². The van der Waals surface area contributed by atoms with Crippen LogP contribution < -0.4 is 16.2 Å². The van der Waals surface area contributed by atoms with Gasteiger partial charge in [-0.25, -0.2) is 0 Å². The van der Waals surface area contributed by atoms with Gasteiger partial charge in [-0.3, -0.25) is 5.84 Å². The molecule has 13 heavy (non-hydrogen) atoms. The number of hydrogen-bond donors (Lipinski definition) is 2. The summed E-state index contributed by atoms with van der Waals surface area (Å²) in [6.07, 6.45) is 0. The number of nitrogens with zero attached hydrogens (tertiary/aromatic N) is 1. The van der Waals surface area contributed by atoms with Crippen molar-refractivity contribution in [2.45, 2.75) is 0 Å². The molecule has 1 aromatic rings. The molecule has 5 heteroatoms. The molecule has 0 bridgehead atoms. The number of nitrogen functional groups attached to an aromatic ring is 1. The van der Waals surface area contributed by atoms with Crippen LogP contribution in [0.2, 0.25) is 0 Å². The summed E-state index contributed by atoms with van der Waals surface area (Å²) in [5, 5.41) is 0. The van der Waals surface area contributed by atoms with Crippen molar-refractivity contribution >= 4 is 36.2 Å². The quantitative estimate of drug-likeness (QED) is 0.595. The smallest absolute Gasteiger partial charge is 0.0505 e. The predicted octanol–water partition coefficient (Wildman–Crippen LogP) is 1.88. The second-order valence-electron chi connectivity index (χ2n) is 2.59. The van der Waals surface area contributed by atoms with E-state index in [1.54, 1.807) is 0 Å². The van der Waals surface area contributed by atoms with E-state index in [4.69, 9.17) is 5.84 Å². The molecule has 0 heterocycles. The molecule has 0 aromatic heterocycles. The minimum Gasteiger partial charge on any atom is -0.378 e. The van der Waals surface area contributed by atoms with E-state index in [-0.39, 0.29) is 24.8 Å². The Balaban J connectivity index is 0. The van der Waals surface area contributed by atoms with Crippen molar-refractivity contribution in [3.63, 3.8) is 0 Å². The third-order valence-corrected chi connectivity index (χ3v) is 1.53. The van der Waals surface area contributed by atoms with Gasteiger partial charge in [-0.15, -0.1) is 24.8 Å². The van der Waals surface area contributed by atoms with Crippen molar-refractivity contribution in [1.82, 2.24) is 0 Å². The van der Waals surface area contributed by atoms with Gasteiger partial charge in [0.25, 0.3) is 0 Å². The Bertz CT molecular complexity index is 241. The molecule has 0 saturated heterocycles. The summed E-state index contributed by atoms with van der Waals surface area (Å²) in [7, 11) is 3.99. The average Bonchev–Trinajstić information content (AvgIpc) is 2.05. The highest BCUT2D eigenvalue weighted by molar-refractivity contribution is 5.85. The number of hydrazine groups is 1. The van der Waals surface area contributed by atoms with Crippen LogP contribution in [0, 0.1) is 0 Å². The lowest BCUT2D eigenvalue weighted by Crippen LogP contribution is -2.10. The number of anilines is 2. The number of nitrogens with one attached hydrogen (secondary N) is 1. The van der Waals surface area contributed by atoms with Gasteiger partial charge in [0, 0.05) is 19.8 Å². The maximum Gasteiger partial charge on any atom is 0.0505 e. The maximum atomic E-state index is 5.25. The van der Waals surface area contributed by atoms with Gasteiger partial charge in [0.15, 0.2) is 0 Å². The average molecular weight is 224 g/mol. The maximum absolute atomic E-state index is 5.25. The Morgan fingerprint density at radius 1 is 1.23 bits per heavy atom. The molecule has 3 N–H and O–H groups in total. The summed E-state index contributed by atoms with van der Waals surface area (Å²) in [5.41, 5.74) is 4.66. The zero-order valence-corrected chi connectivity index (χ0v) is 9.28. The van der Waals surface area contributed by atoms with E-state index >= 15 is 0 Å². The van der Waals surface area contributed by atoms with Crippen LogP contribution in [0.4, 0.5) is 11.4 Å². The van der Waals surface area contributed by atoms with Crippen LogP contribution in [-0.2, 0) is 0 Å². The Morgan fingerprint density at radius 3 is 2.31 bits per heavy atom. The monoisotopic (exact) mass is 223 g/mol. The van der Waals surface area contributed by atoms with E-state index in [2.05, 4.69) is 5.43 Å². The Labute approximate surface area is 91.1 Å². The number of rotatable bonds is 2. The normalized spacial score (nSPS) is 7.92. The first-order valence-corrected chi connectivity index (χ1v) is 3.48. The van der Waals surface area contributed by atoms with Gasteiger partial charge in [0.05, 0.1) is 5.69 Å². The van der Waals surface area contributed by atoms with Crippen molar-refractivity contribution in [2.24, 2.45) is 5.84 Å². The van der Waals surface area contributed by atoms with E-state index < -0.39 is 0 Å². The molecule has 0 aliphatic carbocycles. The van der Waals surface area contributed by atoms with E-state index in [9.17, 15) is 0 Å². The summed E-state index contributed by atoms with van der Waals surface area (Å²) in [5.74, 6) is 5.25. The van der Waals surface area contributed by atoms with Crippen molar-refractivity contribution in [1.29, 1.82) is 0 Å². The lowest BCUT2D eigenvalue weighted by atomic mass is 10.3. The minimum absolute atomic E-state index is 0. The summed E-state index contributed by atoms with van der Waals surface area (Å²) in [6, 6.07) is 7.90. The molecule has 0 fully saturated rings. The van der Waals surface area contributed by atoms with Gasteiger partial charge in [0.2, 0.25) is 0 Å². The van der Waals surface area contributed by atoms with Crippen LogP contribution in [-0.4, -0.2) is 14.1 Å². The fourth-order valence-corrected chi connectivity index (χ4v) is 0.874. The van der Waals surface area contributed by atoms with Gasteiger partial charge in [-0.05, 0) is 18.2 Å². The number of benzene rings is 1. The second-order valence-corrected chi connectivity index (χ2v) is 2.59. The summed E-state index contributed by atoms with van der Waals surface area (Å²) in [4.78, 5) is 2.03. The second kappa shape index (κ2) is 6.83. The molecular weight excluding hydrogens is 209 g/mol. The highest BCUT2D eigenvalue weighted by Gasteiger charge is 1.94. The molecule has 3 nitrogen and oxygen atoms in total. The van der Waals surface area contributed by atoms with Crippen LogP contribution in [0.3, 0.4) is 0 Å². The zero-order chi connectivity index (χ0) is 8.27. The SMILES string of the molecule is CN(C)c1cccc(NN)c1.Cl.Cl. The number of hydrogen-bond acceptors (Lipinski definition) is 3. The third kappa shape index (κ3) is 4.22. The van der Waals surface area contributed by atoms with Crippen molar-refractivity contribution in [3.8, 4) is 0 Å². The van der Waals surface area contributed by atoms with Crippen molar-refractivity contribution in [3.05, 3.63) is 24.3 Å². The molecule has 0 amide bonds. The van der Waals surface area contributed by atoms with Gasteiger partial charge in [0.1, 0.15) is 0 Å². The standard InChI is InChI=1S/C8H13N3.2ClH/c1-11(2)8-5-3-4-7(6-8)10-9;;/h3-6,10H,9H2,1-2H3;2*1H. The Morgan fingerprint density at radius 2 is 1.85 bits per heavy atom. The number of halogens is 2. The Kier molecular flexibility index (Phi) is 7.81. The summed E-state index contributed by atoms with van der Waals surface area (Å²) >= 11 is 0. The van der Waals surface area contributed by atoms with Crippen LogP contribution in [0.1, 0.15) is 0 Å². The minimum atomic E-state index is 0. The number of nitrogens with two attached hydrogens (primary N) is 1. The first-order valence-electron chi connectivity index (χ1n) is 3.48.